The number of hydrogen-bond donors (Lipinski definition) is 3. The highest BCUT2D eigenvalue weighted by atomic mass is 35.5. The Labute approximate surface area is 204 Å². The molecule has 3 N–H and O–H groups in total. The van der Waals surface area contributed by atoms with E-state index in [-0.39, 0.29) is 5.92 Å². The van der Waals surface area contributed by atoms with Crippen molar-refractivity contribution in [1.82, 2.24) is 29.9 Å². The first-order valence-corrected chi connectivity index (χ1v) is 11.6. The topological polar surface area (TPSA) is 95.2 Å². The molecule has 7 nitrogen and oxygen atoms in total. The lowest BCUT2D eigenvalue weighted by Crippen LogP contribution is -2.02. The second-order valence-electron chi connectivity index (χ2n) is 8.23. The quantitative estimate of drug-likeness (QED) is 0.259. The number of imidazole rings is 1. The molecular weight excluding hydrogens is 469 g/mol. The fraction of sp³-hybridized carbons (Fsp3) is 0.120. The molecule has 1 unspecified atom stereocenters. The summed E-state index contributed by atoms with van der Waals surface area (Å²) in [6.07, 6.45) is 6.99. The summed E-state index contributed by atoms with van der Waals surface area (Å²) in [5.41, 5.74) is 5.53. The molecule has 1 aromatic carbocycles. The van der Waals surface area contributed by atoms with Crippen LogP contribution in [0, 0.1) is 0 Å². The number of benzene rings is 1. The van der Waals surface area contributed by atoms with Crippen molar-refractivity contribution in [3.63, 3.8) is 0 Å². The van der Waals surface area contributed by atoms with E-state index in [9.17, 15) is 0 Å². The van der Waals surface area contributed by atoms with Gasteiger partial charge in [-0.25, -0.2) is 15.0 Å². The molecule has 0 radical (unpaired) electrons. The maximum Gasteiger partial charge on any atom is 0.152 e. The SMILES string of the molecule is CC(c1ccc2ncc(Cl)cc2c1)c1nc2ccnc(NCc3cnc4[nH]cc(Cl)c4c3)c2[nH]1. The van der Waals surface area contributed by atoms with E-state index in [2.05, 4.69) is 49.3 Å². The highest BCUT2D eigenvalue weighted by Gasteiger charge is 2.16. The Morgan fingerprint density at radius 1 is 1.00 bits per heavy atom. The van der Waals surface area contributed by atoms with Crippen molar-refractivity contribution < 1.29 is 0 Å². The van der Waals surface area contributed by atoms with Gasteiger partial charge in [-0.1, -0.05) is 36.2 Å². The van der Waals surface area contributed by atoms with Gasteiger partial charge in [-0.2, -0.15) is 0 Å². The summed E-state index contributed by atoms with van der Waals surface area (Å²) in [5.74, 6) is 1.65. The molecule has 0 fully saturated rings. The molecule has 0 saturated heterocycles. The summed E-state index contributed by atoms with van der Waals surface area (Å²) in [5, 5.41) is 6.59. The van der Waals surface area contributed by atoms with E-state index in [1.165, 1.54) is 0 Å². The average Bonchev–Trinajstić information content (AvgIpc) is 3.45. The number of H-pyrrole nitrogens is 2. The molecule has 0 bridgehead atoms. The Morgan fingerprint density at radius 3 is 2.82 bits per heavy atom. The minimum atomic E-state index is 0.0472. The normalized spacial score (nSPS) is 12.6. The number of fused-ring (bicyclic) bond motifs is 3. The van der Waals surface area contributed by atoms with Crippen molar-refractivity contribution in [3.05, 3.63) is 88.2 Å². The van der Waals surface area contributed by atoms with E-state index in [1.54, 1.807) is 18.6 Å². The lowest BCUT2D eigenvalue weighted by Gasteiger charge is -2.10. The zero-order valence-corrected chi connectivity index (χ0v) is 19.6. The van der Waals surface area contributed by atoms with Crippen LogP contribution in [0.2, 0.25) is 10.0 Å². The minimum absolute atomic E-state index is 0.0472. The van der Waals surface area contributed by atoms with Crippen LogP contribution in [0.3, 0.4) is 0 Å². The van der Waals surface area contributed by atoms with Crippen molar-refractivity contribution in [3.8, 4) is 0 Å². The monoisotopic (exact) mass is 487 g/mol. The number of anilines is 1. The Morgan fingerprint density at radius 2 is 1.91 bits per heavy atom. The van der Waals surface area contributed by atoms with Crippen LogP contribution in [0.4, 0.5) is 5.82 Å². The predicted octanol–water partition coefficient (Wildman–Crippen LogP) is 6.45. The number of nitrogens with zero attached hydrogens (tertiary/aromatic N) is 4. The fourth-order valence-corrected chi connectivity index (χ4v) is 4.51. The van der Waals surface area contributed by atoms with Crippen LogP contribution in [-0.4, -0.2) is 29.9 Å². The standard InChI is InChI=1S/C25H19Cl2N7/c1-13(15-2-3-20-16(7-15)8-17(26)11-29-20)23-33-21-4-5-28-25(22(21)34-23)31-10-14-6-18-19(27)12-32-24(18)30-9-14/h2-9,11-13H,10H2,1H3,(H,28,31)(H,30,32)(H,33,34). The van der Waals surface area contributed by atoms with Gasteiger partial charge in [0.05, 0.1) is 21.1 Å². The summed E-state index contributed by atoms with van der Waals surface area (Å²) in [6.45, 7) is 2.68. The van der Waals surface area contributed by atoms with E-state index in [0.717, 1.165) is 55.7 Å². The summed E-state index contributed by atoms with van der Waals surface area (Å²) in [6, 6.07) is 12.1. The maximum absolute atomic E-state index is 6.24. The minimum Gasteiger partial charge on any atom is -0.364 e. The average molecular weight is 488 g/mol. The van der Waals surface area contributed by atoms with Crippen molar-refractivity contribution in [2.45, 2.75) is 19.4 Å². The third-order valence-corrected chi connectivity index (χ3v) is 6.52. The molecule has 0 spiro atoms. The largest absolute Gasteiger partial charge is 0.364 e. The molecule has 6 aromatic rings. The molecule has 0 aliphatic heterocycles. The molecular formula is C25H19Cl2N7. The highest BCUT2D eigenvalue weighted by Crippen LogP contribution is 2.29. The van der Waals surface area contributed by atoms with E-state index in [0.29, 0.717) is 16.6 Å². The van der Waals surface area contributed by atoms with Crippen molar-refractivity contribution in [1.29, 1.82) is 0 Å². The first-order chi connectivity index (χ1) is 16.5. The van der Waals surface area contributed by atoms with Gasteiger partial charge in [-0.15, -0.1) is 0 Å². The molecule has 0 aliphatic carbocycles. The third-order valence-electron chi connectivity index (χ3n) is 6.00. The number of aromatic amines is 2. The van der Waals surface area contributed by atoms with E-state index in [4.69, 9.17) is 28.2 Å². The molecule has 0 saturated carbocycles. The molecule has 0 aliphatic rings. The van der Waals surface area contributed by atoms with Gasteiger partial charge in [0.2, 0.25) is 0 Å². The Hall–Kier alpha value is -3.68. The summed E-state index contributed by atoms with van der Waals surface area (Å²) in [7, 11) is 0. The van der Waals surface area contributed by atoms with Crippen molar-refractivity contribution in [2.24, 2.45) is 0 Å². The van der Waals surface area contributed by atoms with Crippen molar-refractivity contribution >= 4 is 62.0 Å². The van der Waals surface area contributed by atoms with Crippen molar-refractivity contribution in [2.75, 3.05) is 5.32 Å². The third kappa shape index (κ3) is 3.73. The molecule has 6 rings (SSSR count). The van der Waals surface area contributed by atoms with Crippen LogP contribution in [0.5, 0.6) is 0 Å². The summed E-state index contributed by atoms with van der Waals surface area (Å²) < 4.78 is 0. The lowest BCUT2D eigenvalue weighted by molar-refractivity contribution is 0.847. The van der Waals surface area contributed by atoms with Gasteiger partial charge in [-0.3, -0.25) is 4.98 Å². The maximum atomic E-state index is 6.24. The lowest BCUT2D eigenvalue weighted by atomic mass is 9.99. The Balaban J connectivity index is 1.29. The van der Waals surface area contributed by atoms with Crippen LogP contribution in [0.15, 0.2) is 61.2 Å². The van der Waals surface area contributed by atoms with Gasteiger partial charge in [0.1, 0.15) is 17.0 Å². The van der Waals surface area contributed by atoms with Crippen LogP contribution in [0.25, 0.3) is 33.0 Å². The number of halogens is 2. The smallest absolute Gasteiger partial charge is 0.152 e. The van der Waals surface area contributed by atoms with Gasteiger partial charge in [0.25, 0.3) is 0 Å². The molecule has 9 heteroatoms. The first-order valence-electron chi connectivity index (χ1n) is 10.8. The number of aromatic nitrogens is 6. The Kier molecular flexibility index (Phi) is 5.08. The zero-order chi connectivity index (χ0) is 23.2. The molecule has 34 heavy (non-hydrogen) atoms. The molecule has 1 atom stereocenters. The van der Waals surface area contributed by atoms with E-state index >= 15 is 0 Å². The van der Waals surface area contributed by atoms with Crippen LogP contribution < -0.4 is 5.32 Å². The van der Waals surface area contributed by atoms with Gasteiger partial charge >= 0.3 is 0 Å². The summed E-state index contributed by atoms with van der Waals surface area (Å²) >= 11 is 12.4. The number of nitrogens with one attached hydrogen (secondary N) is 3. The van der Waals surface area contributed by atoms with Gasteiger partial charge in [0, 0.05) is 48.0 Å². The van der Waals surface area contributed by atoms with E-state index in [1.807, 2.05) is 30.5 Å². The van der Waals surface area contributed by atoms with Crippen LogP contribution >= 0.6 is 23.2 Å². The van der Waals surface area contributed by atoms with Gasteiger partial charge < -0.3 is 15.3 Å². The highest BCUT2D eigenvalue weighted by molar-refractivity contribution is 6.35. The van der Waals surface area contributed by atoms with Crippen LogP contribution in [0.1, 0.15) is 29.8 Å². The molecule has 0 amide bonds. The zero-order valence-electron chi connectivity index (χ0n) is 18.1. The van der Waals surface area contributed by atoms with Gasteiger partial charge in [-0.05, 0) is 41.5 Å². The van der Waals surface area contributed by atoms with Gasteiger partial charge in [0.15, 0.2) is 5.82 Å². The van der Waals surface area contributed by atoms with E-state index < -0.39 is 0 Å². The fourth-order valence-electron chi connectivity index (χ4n) is 4.14. The predicted molar refractivity (Wildman–Crippen MR) is 137 cm³/mol. The second-order valence-corrected chi connectivity index (χ2v) is 9.08. The number of pyridine rings is 3. The first kappa shape index (κ1) is 20.9. The Bertz CT molecular complexity index is 1670. The molecule has 168 valence electrons. The number of rotatable bonds is 5. The second kappa shape index (κ2) is 8.27. The molecule has 5 aromatic heterocycles. The number of hydrogen-bond acceptors (Lipinski definition) is 5. The van der Waals surface area contributed by atoms with Crippen LogP contribution in [-0.2, 0) is 6.54 Å². The summed E-state index contributed by atoms with van der Waals surface area (Å²) in [4.78, 5) is 24.7. The molecule has 5 heterocycles.